The largest absolute Gasteiger partial charge is 0.463 e. The number of rotatable bonds is 0. The van der Waals surface area contributed by atoms with E-state index in [1.807, 2.05) is 0 Å². The highest BCUT2D eigenvalue weighted by molar-refractivity contribution is 6.49. The molecule has 9 atom stereocenters. The summed E-state index contributed by atoms with van der Waals surface area (Å²) in [5.41, 5.74) is -1.09. The summed E-state index contributed by atoms with van der Waals surface area (Å²) in [5, 5.41) is 21.7. The molecule has 0 aromatic heterocycles. The number of carbonyl (C=O) groups is 1. The highest BCUT2D eigenvalue weighted by Crippen LogP contribution is 2.69. The monoisotopic (exact) mass is 432 g/mol. The fourth-order valence-corrected chi connectivity index (χ4v) is 8.98. The standard InChI is InChI=1S/C25H41BO5/c1-22(2,3)26-30-14-20(29)25(31-26)11-9-18-17-7-6-15-12-16(27)8-10-23(15,4)21(17)19(28)13-24(18,25)5/h15-19,21,27-28H,6-14H2,1-5H3. The Morgan fingerprint density at radius 3 is 2.52 bits per heavy atom. The number of hydrogen-bond donors (Lipinski definition) is 2. The molecule has 1 saturated heterocycles. The molecule has 4 saturated carbocycles. The van der Waals surface area contributed by atoms with Gasteiger partial charge in [-0.2, -0.15) is 0 Å². The zero-order valence-electron chi connectivity index (χ0n) is 20.0. The number of aliphatic hydroxyl groups is 2. The number of carbonyl (C=O) groups excluding carboxylic acids is 1. The van der Waals surface area contributed by atoms with E-state index in [-0.39, 0.29) is 40.6 Å². The molecule has 1 aliphatic heterocycles. The number of aliphatic hydroxyl groups excluding tert-OH is 2. The van der Waals surface area contributed by atoms with E-state index in [4.69, 9.17) is 9.31 Å². The lowest BCUT2D eigenvalue weighted by molar-refractivity contribution is -0.205. The summed E-state index contributed by atoms with van der Waals surface area (Å²) >= 11 is 0. The molecule has 5 rings (SSSR count). The zero-order chi connectivity index (χ0) is 22.4. The van der Waals surface area contributed by atoms with E-state index >= 15 is 0 Å². The van der Waals surface area contributed by atoms with Crippen molar-refractivity contribution in [3.8, 4) is 0 Å². The molecule has 2 N–H and O–H groups in total. The first kappa shape index (κ1) is 22.4. The van der Waals surface area contributed by atoms with Crippen LogP contribution in [-0.4, -0.2) is 47.5 Å². The third kappa shape index (κ3) is 3.00. The lowest BCUT2D eigenvalue weighted by atomic mass is 9.43. The van der Waals surface area contributed by atoms with Crippen molar-refractivity contribution in [1.29, 1.82) is 0 Å². The van der Waals surface area contributed by atoms with Gasteiger partial charge in [0.15, 0.2) is 5.78 Å². The maximum absolute atomic E-state index is 13.4. The van der Waals surface area contributed by atoms with Gasteiger partial charge in [-0.25, -0.2) is 0 Å². The maximum Gasteiger partial charge on any atom is 0.463 e. The first-order valence-corrected chi connectivity index (χ1v) is 12.6. The Labute approximate surface area is 187 Å². The van der Waals surface area contributed by atoms with Crippen LogP contribution in [0.15, 0.2) is 0 Å². The molecule has 4 aliphatic carbocycles. The normalized spacial score (nSPS) is 52.6. The van der Waals surface area contributed by atoms with Crippen molar-refractivity contribution in [2.75, 3.05) is 6.61 Å². The van der Waals surface area contributed by atoms with Gasteiger partial charge in [-0.15, -0.1) is 0 Å². The Morgan fingerprint density at radius 2 is 1.81 bits per heavy atom. The Bertz CT molecular complexity index is 751. The van der Waals surface area contributed by atoms with Crippen LogP contribution in [-0.2, 0) is 14.1 Å². The molecule has 0 amide bonds. The van der Waals surface area contributed by atoms with Gasteiger partial charge in [0.1, 0.15) is 5.60 Å². The first-order chi connectivity index (χ1) is 14.4. The van der Waals surface area contributed by atoms with Crippen molar-refractivity contribution >= 4 is 12.9 Å². The fraction of sp³-hybridized carbons (Fsp3) is 0.960. The zero-order valence-corrected chi connectivity index (χ0v) is 20.0. The average molecular weight is 432 g/mol. The summed E-state index contributed by atoms with van der Waals surface area (Å²) in [5.74, 6) is 1.66. The molecule has 5 aliphatic rings. The van der Waals surface area contributed by atoms with E-state index in [1.165, 1.54) is 0 Å². The minimum absolute atomic E-state index is 0.0735. The summed E-state index contributed by atoms with van der Waals surface area (Å²) in [6, 6.07) is 0. The van der Waals surface area contributed by atoms with Gasteiger partial charge >= 0.3 is 7.12 Å². The smallest absolute Gasteiger partial charge is 0.403 e. The lowest BCUT2D eigenvalue weighted by Crippen LogP contribution is -2.67. The minimum Gasteiger partial charge on any atom is -0.403 e. The molecule has 0 aromatic carbocycles. The van der Waals surface area contributed by atoms with Crippen molar-refractivity contribution in [2.45, 2.75) is 109 Å². The second-order valence-corrected chi connectivity index (χ2v) is 13.1. The number of ketones is 1. The molecule has 0 bridgehead atoms. The summed E-state index contributed by atoms with van der Waals surface area (Å²) in [7, 11) is -0.399. The molecule has 0 radical (unpaired) electrons. The molecule has 9 unspecified atom stereocenters. The summed E-state index contributed by atoms with van der Waals surface area (Å²) in [6.45, 7) is 11.0. The third-order valence-corrected chi connectivity index (χ3v) is 10.5. The molecule has 0 aromatic rings. The highest BCUT2D eigenvalue weighted by Gasteiger charge is 2.71. The SMILES string of the molecule is CC(C)(C)B1OCC(=O)C2(CCC3C4CCC5CC(O)CCC5(C)C4C(O)CC32C)O1. The van der Waals surface area contributed by atoms with E-state index in [2.05, 4.69) is 34.6 Å². The van der Waals surface area contributed by atoms with Gasteiger partial charge in [-0.05, 0) is 85.8 Å². The molecule has 6 heteroatoms. The predicted octanol–water partition coefficient (Wildman–Crippen LogP) is 4.00. The van der Waals surface area contributed by atoms with Crippen LogP contribution in [0.4, 0.5) is 0 Å². The van der Waals surface area contributed by atoms with Gasteiger partial charge in [-0.1, -0.05) is 34.6 Å². The van der Waals surface area contributed by atoms with Crippen LogP contribution in [0, 0.1) is 34.5 Å². The molecule has 1 heterocycles. The molecule has 31 heavy (non-hydrogen) atoms. The van der Waals surface area contributed by atoms with Crippen molar-refractivity contribution in [2.24, 2.45) is 34.5 Å². The van der Waals surface area contributed by atoms with Crippen LogP contribution >= 0.6 is 0 Å². The van der Waals surface area contributed by atoms with Gasteiger partial charge in [0, 0.05) is 5.41 Å². The molecule has 5 fully saturated rings. The van der Waals surface area contributed by atoms with E-state index in [0.717, 1.165) is 44.9 Å². The van der Waals surface area contributed by atoms with Crippen LogP contribution < -0.4 is 0 Å². The lowest BCUT2D eigenvalue weighted by Gasteiger charge is -2.63. The topological polar surface area (TPSA) is 76.0 Å². The van der Waals surface area contributed by atoms with Crippen LogP contribution in [0.1, 0.15) is 86.0 Å². The van der Waals surface area contributed by atoms with E-state index in [1.54, 1.807) is 0 Å². The average Bonchev–Trinajstić information content (AvgIpc) is 2.96. The van der Waals surface area contributed by atoms with E-state index < -0.39 is 18.8 Å². The van der Waals surface area contributed by atoms with Gasteiger partial charge in [0.2, 0.25) is 0 Å². The van der Waals surface area contributed by atoms with E-state index in [0.29, 0.717) is 24.2 Å². The number of hydrogen-bond acceptors (Lipinski definition) is 5. The molecular weight excluding hydrogens is 391 g/mol. The summed E-state index contributed by atoms with van der Waals surface area (Å²) < 4.78 is 12.5. The summed E-state index contributed by atoms with van der Waals surface area (Å²) in [4.78, 5) is 13.4. The van der Waals surface area contributed by atoms with Crippen molar-refractivity contribution < 1.29 is 24.3 Å². The van der Waals surface area contributed by atoms with Crippen LogP contribution in [0.2, 0.25) is 5.31 Å². The van der Waals surface area contributed by atoms with Gasteiger partial charge < -0.3 is 19.5 Å². The van der Waals surface area contributed by atoms with Crippen LogP contribution in [0.5, 0.6) is 0 Å². The van der Waals surface area contributed by atoms with Gasteiger partial charge in [0.25, 0.3) is 0 Å². The fourth-order valence-electron chi connectivity index (χ4n) is 8.98. The Hall–Kier alpha value is -0.425. The van der Waals surface area contributed by atoms with Gasteiger partial charge in [0.05, 0.1) is 18.8 Å². The molecular formula is C25H41BO5. The highest BCUT2D eigenvalue weighted by atomic mass is 16.6. The summed E-state index contributed by atoms with van der Waals surface area (Å²) in [6.07, 6.45) is 6.73. The predicted molar refractivity (Wildman–Crippen MR) is 119 cm³/mol. The second kappa shape index (κ2) is 7.04. The van der Waals surface area contributed by atoms with Crippen molar-refractivity contribution in [3.63, 3.8) is 0 Å². The van der Waals surface area contributed by atoms with Crippen LogP contribution in [0.25, 0.3) is 0 Å². The Kier molecular flexibility index (Phi) is 5.08. The van der Waals surface area contributed by atoms with Crippen molar-refractivity contribution in [3.05, 3.63) is 0 Å². The molecule has 174 valence electrons. The van der Waals surface area contributed by atoms with Gasteiger partial charge in [-0.3, -0.25) is 4.79 Å². The molecule has 5 nitrogen and oxygen atoms in total. The third-order valence-electron chi connectivity index (χ3n) is 10.5. The Morgan fingerprint density at radius 1 is 1.06 bits per heavy atom. The first-order valence-electron chi connectivity index (χ1n) is 12.6. The number of Topliss-reactive ketones (excluding diaryl/α,β-unsaturated/α-hetero) is 1. The van der Waals surface area contributed by atoms with E-state index in [9.17, 15) is 15.0 Å². The minimum atomic E-state index is -0.833. The second-order valence-electron chi connectivity index (χ2n) is 13.1. The number of fused-ring (bicyclic) bond motifs is 6. The quantitative estimate of drug-likeness (QED) is 0.566. The molecule has 1 spiro atoms. The van der Waals surface area contributed by atoms with Crippen LogP contribution in [0.3, 0.4) is 0 Å². The Balaban J connectivity index is 1.49. The maximum atomic E-state index is 13.4. The van der Waals surface area contributed by atoms with Crippen molar-refractivity contribution in [1.82, 2.24) is 0 Å².